The van der Waals surface area contributed by atoms with E-state index in [0.29, 0.717) is 25.9 Å². The van der Waals surface area contributed by atoms with Gasteiger partial charge < -0.3 is 20.1 Å². The Balaban J connectivity index is 1.49. The number of rotatable bonds is 5. The number of nitrogens with one attached hydrogen (secondary N) is 1. The number of nitrogens with zero attached hydrogens (tertiary/aromatic N) is 2. The van der Waals surface area contributed by atoms with E-state index >= 15 is 0 Å². The number of hydrogen-bond acceptors (Lipinski definition) is 5. The first-order valence-electron chi connectivity index (χ1n) is 11.6. The summed E-state index contributed by atoms with van der Waals surface area (Å²) in [6, 6.07) is 10.5. The Morgan fingerprint density at radius 1 is 1.19 bits per heavy atom. The van der Waals surface area contributed by atoms with Crippen molar-refractivity contribution < 1.29 is 19.4 Å². The van der Waals surface area contributed by atoms with E-state index < -0.39 is 0 Å². The molecule has 7 nitrogen and oxygen atoms in total. The Morgan fingerprint density at radius 3 is 2.58 bits per heavy atom. The summed E-state index contributed by atoms with van der Waals surface area (Å²) >= 11 is 0. The van der Waals surface area contributed by atoms with Gasteiger partial charge in [-0.1, -0.05) is 30.3 Å². The minimum absolute atomic E-state index is 0.0314. The fourth-order valence-corrected chi connectivity index (χ4v) is 5.49. The molecule has 3 fully saturated rings. The average Bonchev–Trinajstić information content (AvgIpc) is 3.04. The van der Waals surface area contributed by atoms with Crippen LogP contribution in [-0.4, -0.2) is 85.3 Å². The van der Waals surface area contributed by atoms with E-state index in [1.54, 1.807) is 11.9 Å². The molecule has 2 aliphatic heterocycles. The molecule has 3 aliphatic rings. The molecule has 2 amide bonds. The fraction of sp³-hybridized carbons (Fsp3) is 0.667. The molecule has 1 saturated carbocycles. The Hall–Kier alpha value is -1.96. The molecule has 2 N–H and O–H groups in total. The van der Waals surface area contributed by atoms with Gasteiger partial charge in [0.1, 0.15) is 0 Å². The van der Waals surface area contributed by atoms with Gasteiger partial charge in [0.15, 0.2) is 0 Å². The summed E-state index contributed by atoms with van der Waals surface area (Å²) in [5.74, 6) is -0.283. The zero-order valence-corrected chi connectivity index (χ0v) is 18.5. The van der Waals surface area contributed by atoms with Gasteiger partial charge in [0.2, 0.25) is 11.8 Å². The van der Waals surface area contributed by atoms with Gasteiger partial charge in [-0.25, -0.2) is 0 Å². The molecule has 0 bridgehead atoms. The first-order valence-corrected chi connectivity index (χ1v) is 11.6. The molecule has 2 saturated heterocycles. The standard InChI is InChI=1S/C24H35N3O4/c1-26-16-18(15-22(26)29)23(30)25-17-24(19-5-3-2-4-6-19)9-7-20(21(28)8-10-24)27-11-13-31-14-12-27/h2-6,18,20-21,28H,7-17H2,1H3,(H,25,30)/t18-,20-,21-,24-/m1/s1. The molecule has 1 aromatic rings. The number of aliphatic hydroxyl groups is 1. The maximum atomic E-state index is 12.9. The van der Waals surface area contributed by atoms with Crippen LogP contribution in [0.25, 0.3) is 0 Å². The average molecular weight is 430 g/mol. The van der Waals surface area contributed by atoms with E-state index in [1.807, 2.05) is 18.2 Å². The first kappa shape index (κ1) is 22.2. The smallest absolute Gasteiger partial charge is 0.225 e. The summed E-state index contributed by atoms with van der Waals surface area (Å²) in [7, 11) is 1.75. The normalized spacial score (nSPS) is 32.6. The molecule has 4 atom stereocenters. The van der Waals surface area contributed by atoms with Crippen molar-refractivity contribution in [2.24, 2.45) is 5.92 Å². The van der Waals surface area contributed by atoms with Gasteiger partial charge in [-0.05, 0) is 31.2 Å². The summed E-state index contributed by atoms with van der Waals surface area (Å²) in [6.07, 6.45) is 3.23. The molecule has 1 aromatic carbocycles. The highest BCUT2D eigenvalue weighted by Crippen LogP contribution is 2.39. The van der Waals surface area contributed by atoms with Crippen LogP contribution < -0.4 is 5.32 Å². The van der Waals surface area contributed by atoms with Crippen LogP contribution in [-0.2, 0) is 19.7 Å². The number of hydrogen-bond donors (Lipinski definition) is 2. The second-order valence-electron chi connectivity index (χ2n) is 9.40. The van der Waals surface area contributed by atoms with E-state index in [4.69, 9.17) is 4.74 Å². The number of ether oxygens (including phenoxy) is 1. The molecule has 170 valence electrons. The number of aliphatic hydroxyl groups excluding tert-OH is 1. The lowest BCUT2D eigenvalue weighted by Gasteiger charge is -2.37. The highest BCUT2D eigenvalue weighted by atomic mass is 16.5. The predicted molar refractivity (Wildman–Crippen MR) is 118 cm³/mol. The lowest BCUT2D eigenvalue weighted by Crippen LogP contribution is -2.48. The molecule has 0 radical (unpaired) electrons. The van der Waals surface area contributed by atoms with Crippen LogP contribution >= 0.6 is 0 Å². The Labute approximate surface area is 184 Å². The van der Waals surface area contributed by atoms with Gasteiger partial charge in [-0.3, -0.25) is 14.5 Å². The third kappa shape index (κ3) is 4.94. The van der Waals surface area contributed by atoms with Crippen LogP contribution in [0.2, 0.25) is 0 Å². The maximum Gasteiger partial charge on any atom is 0.225 e. The fourth-order valence-electron chi connectivity index (χ4n) is 5.49. The number of carbonyl (C=O) groups excluding carboxylic acids is 2. The van der Waals surface area contributed by atoms with Gasteiger partial charge in [0.05, 0.1) is 25.2 Å². The van der Waals surface area contributed by atoms with Crippen LogP contribution in [0.5, 0.6) is 0 Å². The van der Waals surface area contributed by atoms with Crippen molar-refractivity contribution in [3.8, 4) is 0 Å². The van der Waals surface area contributed by atoms with Gasteiger partial charge in [-0.15, -0.1) is 0 Å². The molecular formula is C24H35N3O4. The molecule has 7 heteroatoms. The van der Waals surface area contributed by atoms with E-state index in [-0.39, 0.29) is 35.3 Å². The van der Waals surface area contributed by atoms with Crippen LogP contribution in [0.3, 0.4) is 0 Å². The maximum absolute atomic E-state index is 12.9. The molecule has 0 spiro atoms. The zero-order chi connectivity index (χ0) is 21.8. The lowest BCUT2D eigenvalue weighted by molar-refractivity contribution is -0.128. The molecule has 31 heavy (non-hydrogen) atoms. The summed E-state index contributed by atoms with van der Waals surface area (Å²) in [6.45, 7) is 4.18. The van der Waals surface area contributed by atoms with Gasteiger partial charge in [-0.2, -0.15) is 0 Å². The zero-order valence-electron chi connectivity index (χ0n) is 18.5. The molecule has 4 rings (SSSR count). The van der Waals surface area contributed by atoms with Crippen molar-refractivity contribution >= 4 is 11.8 Å². The number of amides is 2. The summed E-state index contributed by atoms with van der Waals surface area (Å²) in [4.78, 5) is 28.7. The van der Waals surface area contributed by atoms with Crippen LogP contribution in [0.1, 0.15) is 37.7 Å². The summed E-state index contributed by atoms with van der Waals surface area (Å²) in [5.41, 5.74) is 0.998. The number of benzene rings is 1. The van der Waals surface area contributed by atoms with Crippen molar-refractivity contribution in [2.45, 2.75) is 49.7 Å². The minimum Gasteiger partial charge on any atom is -0.391 e. The summed E-state index contributed by atoms with van der Waals surface area (Å²) < 4.78 is 5.50. The molecule has 0 unspecified atom stereocenters. The molecule has 0 aromatic heterocycles. The topological polar surface area (TPSA) is 82.1 Å². The largest absolute Gasteiger partial charge is 0.391 e. The second kappa shape index (κ2) is 9.67. The Morgan fingerprint density at radius 2 is 1.90 bits per heavy atom. The van der Waals surface area contributed by atoms with E-state index in [0.717, 1.165) is 45.6 Å². The van der Waals surface area contributed by atoms with Gasteiger partial charge in [0.25, 0.3) is 0 Å². The van der Waals surface area contributed by atoms with Crippen molar-refractivity contribution in [3.05, 3.63) is 35.9 Å². The van der Waals surface area contributed by atoms with Crippen LogP contribution in [0.4, 0.5) is 0 Å². The van der Waals surface area contributed by atoms with Crippen molar-refractivity contribution in [1.82, 2.24) is 15.1 Å². The molecule has 2 heterocycles. The first-order chi connectivity index (χ1) is 15.0. The van der Waals surface area contributed by atoms with Crippen LogP contribution in [0, 0.1) is 5.92 Å². The molecular weight excluding hydrogens is 394 g/mol. The molecule has 1 aliphatic carbocycles. The third-order valence-corrected chi connectivity index (χ3v) is 7.50. The quantitative estimate of drug-likeness (QED) is 0.687. The third-order valence-electron chi connectivity index (χ3n) is 7.50. The van der Waals surface area contributed by atoms with Crippen molar-refractivity contribution in [3.63, 3.8) is 0 Å². The second-order valence-corrected chi connectivity index (χ2v) is 9.40. The monoisotopic (exact) mass is 429 g/mol. The van der Waals surface area contributed by atoms with E-state index in [9.17, 15) is 14.7 Å². The number of carbonyl (C=O) groups is 2. The highest BCUT2D eigenvalue weighted by molar-refractivity contribution is 5.89. The van der Waals surface area contributed by atoms with Crippen LogP contribution in [0.15, 0.2) is 30.3 Å². The lowest BCUT2D eigenvalue weighted by atomic mass is 9.74. The van der Waals surface area contributed by atoms with Crippen molar-refractivity contribution in [2.75, 3.05) is 46.4 Å². The Kier molecular flexibility index (Phi) is 6.94. The SMILES string of the molecule is CN1C[C@H](C(=O)NC[C@]2(c3ccccc3)CC[C@@H](O)[C@H](N3CCOCC3)CC2)CC1=O. The summed E-state index contributed by atoms with van der Waals surface area (Å²) in [5, 5.41) is 14.2. The van der Waals surface area contributed by atoms with Gasteiger partial charge >= 0.3 is 0 Å². The predicted octanol–water partition coefficient (Wildman–Crippen LogP) is 1.15. The Bertz CT molecular complexity index is 767. The highest BCUT2D eigenvalue weighted by Gasteiger charge is 2.41. The van der Waals surface area contributed by atoms with Crippen molar-refractivity contribution in [1.29, 1.82) is 0 Å². The number of morpholine rings is 1. The van der Waals surface area contributed by atoms with Gasteiger partial charge in [0, 0.05) is 51.1 Å². The minimum atomic E-state index is -0.375. The van der Waals surface area contributed by atoms with E-state index in [2.05, 4.69) is 22.3 Å². The van der Waals surface area contributed by atoms with E-state index in [1.165, 1.54) is 5.56 Å². The number of likely N-dealkylation sites (tertiary alicyclic amines) is 1.